The van der Waals surface area contributed by atoms with Crippen LogP contribution in [-0.2, 0) is 9.47 Å². The van der Waals surface area contributed by atoms with E-state index >= 15 is 0 Å². The second kappa shape index (κ2) is 6.00. The minimum atomic E-state index is -0.652. The summed E-state index contributed by atoms with van der Waals surface area (Å²) in [5.41, 5.74) is -0.626. The van der Waals surface area contributed by atoms with Crippen molar-refractivity contribution in [2.75, 3.05) is 0 Å². The van der Waals surface area contributed by atoms with Gasteiger partial charge >= 0.3 is 6.16 Å². The maximum atomic E-state index is 11.1. The molecule has 0 radical (unpaired) electrons. The van der Waals surface area contributed by atoms with E-state index in [1.807, 2.05) is 0 Å². The first-order valence-corrected chi connectivity index (χ1v) is 6.43. The minimum absolute atomic E-state index is 0.00716. The van der Waals surface area contributed by atoms with Gasteiger partial charge in [0.05, 0.1) is 0 Å². The summed E-state index contributed by atoms with van der Waals surface area (Å²) in [6.07, 6.45) is 3.71. The summed E-state index contributed by atoms with van der Waals surface area (Å²) in [6, 6.07) is 0. The van der Waals surface area contributed by atoms with Gasteiger partial charge in [-0.2, -0.15) is 0 Å². The molecule has 82 valence electrons. The molecular weight excluding hydrogens is 318 g/mol. The average molecular weight is 333 g/mol. The summed E-state index contributed by atoms with van der Waals surface area (Å²) >= 11 is 7.82. The van der Waals surface area contributed by atoms with Crippen LogP contribution in [0.4, 0.5) is 4.79 Å². The summed E-state index contributed by atoms with van der Waals surface area (Å²) in [6.45, 7) is 1.59. The molecule has 3 nitrogen and oxygen atoms in total. The predicted octanol–water partition coefficient (Wildman–Crippen LogP) is 3.47. The van der Waals surface area contributed by atoms with E-state index in [1.165, 1.54) is 6.42 Å². The number of ether oxygens (including phenoxy) is 2. The van der Waals surface area contributed by atoms with Gasteiger partial charge in [-0.1, -0.05) is 40.6 Å². The van der Waals surface area contributed by atoms with Crippen molar-refractivity contribution in [1.82, 2.24) is 0 Å². The molecule has 0 saturated heterocycles. The molecule has 0 aliphatic heterocycles. The number of carbonyl (C=O) groups is 1. The van der Waals surface area contributed by atoms with Crippen LogP contribution in [0.1, 0.15) is 32.6 Å². The molecule has 0 aromatic heterocycles. The van der Waals surface area contributed by atoms with Gasteiger partial charge in [0.15, 0.2) is 5.56 Å². The molecular formula is C9H14ClIO3. The Labute approximate surface area is 103 Å². The van der Waals surface area contributed by atoms with Crippen molar-refractivity contribution in [3.8, 4) is 0 Å². The lowest BCUT2D eigenvalue weighted by atomic mass is 9.98. The number of carbonyl (C=O) groups excluding carboxylic acids is 1. The Morgan fingerprint density at radius 3 is 2.71 bits per heavy atom. The minimum Gasteiger partial charge on any atom is -0.430 e. The zero-order chi connectivity index (χ0) is 10.6. The van der Waals surface area contributed by atoms with Crippen molar-refractivity contribution in [3.63, 3.8) is 0 Å². The van der Waals surface area contributed by atoms with Crippen LogP contribution in [0.5, 0.6) is 0 Å². The van der Waals surface area contributed by atoms with E-state index in [9.17, 15) is 4.79 Å². The van der Waals surface area contributed by atoms with Gasteiger partial charge in [-0.15, -0.1) is 0 Å². The number of hydrogen-bond donors (Lipinski definition) is 0. The third-order valence-electron chi connectivity index (χ3n) is 2.13. The highest BCUT2D eigenvalue weighted by Gasteiger charge is 2.26. The van der Waals surface area contributed by atoms with Gasteiger partial charge in [0.1, 0.15) is 6.10 Å². The molecule has 3 atom stereocenters. The second-order valence-corrected chi connectivity index (χ2v) is 5.58. The van der Waals surface area contributed by atoms with Gasteiger partial charge in [0.25, 0.3) is 0 Å². The first kappa shape index (κ1) is 12.4. The maximum Gasteiger partial charge on any atom is 0.510 e. The average Bonchev–Trinajstić information content (AvgIpc) is 2.07. The van der Waals surface area contributed by atoms with E-state index in [2.05, 4.69) is 22.6 Å². The molecule has 0 amide bonds. The predicted molar refractivity (Wildman–Crippen MR) is 62.9 cm³/mol. The van der Waals surface area contributed by atoms with E-state index in [0.717, 1.165) is 19.3 Å². The third-order valence-corrected chi connectivity index (χ3v) is 3.64. The molecule has 0 spiro atoms. The molecule has 0 bridgehead atoms. The third kappa shape index (κ3) is 4.21. The molecule has 0 heterocycles. The topological polar surface area (TPSA) is 35.5 Å². The van der Waals surface area contributed by atoms with Crippen molar-refractivity contribution in [2.24, 2.45) is 0 Å². The first-order valence-electron chi connectivity index (χ1n) is 4.75. The van der Waals surface area contributed by atoms with Crippen molar-refractivity contribution in [1.29, 1.82) is 0 Å². The summed E-state index contributed by atoms with van der Waals surface area (Å²) in [5.74, 6) is 0. The van der Waals surface area contributed by atoms with E-state index in [-0.39, 0.29) is 6.10 Å². The molecule has 5 heteroatoms. The molecule has 0 N–H and O–H groups in total. The van der Waals surface area contributed by atoms with Crippen molar-refractivity contribution in [2.45, 2.75) is 48.2 Å². The van der Waals surface area contributed by atoms with Gasteiger partial charge in [-0.25, -0.2) is 4.79 Å². The number of alkyl halides is 2. The highest BCUT2D eigenvalue weighted by Crippen LogP contribution is 2.27. The van der Waals surface area contributed by atoms with Gasteiger partial charge in [-0.3, -0.25) is 0 Å². The lowest BCUT2D eigenvalue weighted by Gasteiger charge is -2.26. The summed E-state index contributed by atoms with van der Waals surface area (Å²) < 4.78 is 10.3. The molecule has 1 aliphatic carbocycles. The fraction of sp³-hybridized carbons (Fsp3) is 0.889. The Balaban J connectivity index is 2.31. The lowest BCUT2D eigenvalue weighted by molar-refractivity contribution is 0.0113. The Hall–Kier alpha value is 0.290. The summed E-state index contributed by atoms with van der Waals surface area (Å²) in [5, 5.41) is 0. The molecule has 1 saturated carbocycles. The molecule has 0 aromatic carbocycles. The van der Waals surface area contributed by atoms with Crippen LogP contribution in [0.25, 0.3) is 0 Å². The standard InChI is InChI=1S/C9H14ClIO3/c1-6(10)13-9(12)14-8-5-3-2-4-7(8)11/h6-8H,2-5H2,1H3/t6?,7-,8-/m0/s1. The van der Waals surface area contributed by atoms with Crippen LogP contribution in [0.2, 0.25) is 0 Å². The zero-order valence-corrected chi connectivity index (χ0v) is 11.0. The monoisotopic (exact) mass is 332 g/mol. The van der Waals surface area contributed by atoms with Gasteiger partial charge in [0.2, 0.25) is 0 Å². The van der Waals surface area contributed by atoms with E-state index in [0.29, 0.717) is 3.92 Å². The largest absolute Gasteiger partial charge is 0.510 e. The Bertz CT molecular complexity index is 198. The highest BCUT2D eigenvalue weighted by molar-refractivity contribution is 14.1. The maximum absolute atomic E-state index is 11.1. The summed E-state index contributed by atoms with van der Waals surface area (Å²) in [7, 11) is 0. The van der Waals surface area contributed by atoms with Crippen LogP contribution in [0.3, 0.4) is 0 Å². The highest BCUT2D eigenvalue weighted by atomic mass is 127. The van der Waals surface area contributed by atoms with E-state index < -0.39 is 11.7 Å². The van der Waals surface area contributed by atoms with Crippen LogP contribution >= 0.6 is 34.2 Å². The summed E-state index contributed by atoms with van der Waals surface area (Å²) in [4.78, 5) is 11.1. The normalized spacial score (nSPS) is 29.4. The van der Waals surface area contributed by atoms with Crippen LogP contribution < -0.4 is 0 Å². The number of hydrogen-bond acceptors (Lipinski definition) is 3. The molecule has 14 heavy (non-hydrogen) atoms. The Morgan fingerprint density at radius 1 is 1.50 bits per heavy atom. The zero-order valence-electron chi connectivity index (χ0n) is 8.04. The quantitative estimate of drug-likeness (QED) is 0.441. The Morgan fingerprint density at radius 2 is 2.14 bits per heavy atom. The lowest BCUT2D eigenvalue weighted by Crippen LogP contribution is -2.31. The van der Waals surface area contributed by atoms with E-state index in [4.69, 9.17) is 21.1 Å². The molecule has 0 aromatic rings. The molecule has 1 aliphatic rings. The van der Waals surface area contributed by atoms with Gasteiger partial charge in [-0.05, 0) is 26.2 Å². The Kier molecular flexibility index (Phi) is 5.30. The fourth-order valence-electron chi connectivity index (χ4n) is 1.47. The van der Waals surface area contributed by atoms with Gasteiger partial charge < -0.3 is 9.47 Å². The molecule has 1 rings (SSSR count). The van der Waals surface area contributed by atoms with Crippen LogP contribution in [-0.4, -0.2) is 21.7 Å². The first-order chi connectivity index (χ1) is 6.59. The number of rotatable bonds is 2. The van der Waals surface area contributed by atoms with E-state index in [1.54, 1.807) is 6.92 Å². The molecule has 1 fully saturated rings. The second-order valence-electron chi connectivity index (χ2n) is 3.37. The number of halogens is 2. The smallest absolute Gasteiger partial charge is 0.430 e. The van der Waals surface area contributed by atoms with Crippen LogP contribution in [0, 0.1) is 0 Å². The van der Waals surface area contributed by atoms with Crippen LogP contribution in [0.15, 0.2) is 0 Å². The van der Waals surface area contributed by atoms with Crippen molar-refractivity contribution < 1.29 is 14.3 Å². The molecule has 1 unspecified atom stereocenters. The van der Waals surface area contributed by atoms with Crippen molar-refractivity contribution >= 4 is 40.3 Å². The van der Waals surface area contributed by atoms with Gasteiger partial charge in [0, 0.05) is 3.92 Å². The fourth-order valence-corrected chi connectivity index (χ4v) is 2.49. The SMILES string of the molecule is CC(Cl)OC(=O)O[C@H]1CCCC[C@@H]1I. The van der Waals surface area contributed by atoms with Crippen molar-refractivity contribution in [3.05, 3.63) is 0 Å².